The number of nitrogens with one attached hydrogen (secondary N) is 3. The van der Waals surface area contributed by atoms with E-state index in [2.05, 4.69) is 31.1 Å². The third kappa shape index (κ3) is 6.06. The molecule has 14 heteroatoms. The lowest BCUT2D eigenvalue weighted by molar-refractivity contribution is -0.117. The van der Waals surface area contributed by atoms with Crippen molar-refractivity contribution in [2.24, 2.45) is 5.92 Å². The maximum atomic E-state index is 12.8. The second-order valence-electron chi connectivity index (χ2n) is 8.22. The van der Waals surface area contributed by atoms with Crippen LogP contribution in [0.3, 0.4) is 0 Å². The predicted octanol–water partition coefficient (Wildman–Crippen LogP) is 1.23. The number of carbonyl (C=O) groups excluding carboxylic acids is 2. The van der Waals surface area contributed by atoms with Gasteiger partial charge in [0.15, 0.2) is 5.75 Å². The largest absolute Gasteiger partial charge is 0.494 e. The first-order valence-electron chi connectivity index (χ1n) is 10.9. The number of pyridine rings is 1. The molecule has 4 rings (SSSR count). The molecule has 0 spiro atoms. The Bertz CT molecular complexity index is 1280. The zero-order chi connectivity index (χ0) is 25.9. The SMILES string of the molecule is [B]C([B])([B])NC(=O)c1cnc(NC(=O)C2CC2)cc1Nc1cccc(-c2noc(COC)n2)c1OC. The number of benzene rings is 1. The van der Waals surface area contributed by atoms with Gasteiger partial charge >= 0.3 is 0 Å². The molecule has 0 aliphatic heterocycles. The van der Waals surface area contributed by atoms with Crippen LogP contribution in [0.15, 0.2) is 35.0 Å². The first kappa shape index (κ1) is 25.3. The van der Waals surface area contributed by atoms with Crippen molar-refractivity contribution in [2.45, 2.75) is 24.7 Å². The molecule has 178 valence electrons. The highest BCUT2D eigenvalue weighted by atomic mass is 16.5. The minimum Gasteiger partial charge on any atom is -0.494 e. The Morgan fingerprint density at radius 2 is 1.97 bits per heavy atom. The zero-order valence-corrected chi connectivity index (χ0v) is 19.7. The number of hydrogen-bond donors (Lipinski definition) is 3. The molecule has 0 unspecified atom stereocenters. The molecule has 11 nitrogen and oxygen atoms in total. The van der Waals surface area contributed by atoms with Crippen molar-refractivity contribution in [2.75, 3.05) is 24.9 Å². The van der Waals surface area contributed by atoms with Gasteiger partial charge in [0, 0.05) is 25.3 Å². The van der Waals surface area contributed by atoms with Crippen LogP contribution in [-0.4, -0.2) is 69.9 Å². The van der Waals surface area contributed by atoms with Gasteiger partial charge in [-0.05, 0) is 25.0 Å². The molecular weight excluding hydrogens is 461 g/mol. The maximum Gasteiger partial charge on any atom is 0.253 e. The van der Waals surface area contributed by atoms with Crippen molar-refractivity contribution in [1.82, 2.24) is 20.4 Å². The quantitative estimate of drug-likeness (QED) is 0.364. The Labute approximate surface area is 211 Å². The van der Waals surface area contributed by atoms with E-state index >= 15 is 0 Å². The van der Waals surface area contributed by atoms with Gasteiger partial charge in [-0.25, -0.2) is 4.98 Å². The molecule has 1 saturated carbocycles. The number of hydrogen-bond acceptors (Lipinski definition) is 9. The van der Waals surface area contributed by atoms with Crippen LogP contribution in [0.1, 0.15) is 29.1 Å². The minimum absolute atomic E-state index is 0.0340. The molecule has 1 aliphatic rings. The van der Waals surface area contributed by atoms with Crippen molar-refractivity contribution in [3.63, 3.8) is 0 Å². The van der Waals surface area contributed by atoms with Gasteiger partial charge in [0.1, 0.15) is 12.4 Å². The molecule has 0 atom stereocenters. The summed E-state index contributed by atoms with van der Waals surface area (Å²) in [5.74, 6) is 0.350. The Hall–Kier alpha value is -3.80. The molecule has 6 radical (unpaired) electrons. The first-order chi connectivity index (χ1) is 17.2. The van der Waals surface area contributed by atoms with Gasteiger partial charge in [-0.1, -0.05) is 16.5 Å². The molecule has 1 aliphatic carbocycles. The fourth-order valence-corrected chi connectivity index (χ4v) is 3.37. The van der Waals surface area contributed by atoms with Crippen molar-refractivity contribution in [3.05, 3.63) is 41.9 Å². The lowest BCUT2D eigenvalue weighted by Crippen LogP contribution is -2.50. The molecule has 0 saturated heterocycles. The number of rotatable bonds is 10. The molecule has 3 aromatic rings. The number of para-hydroxylation sites is 1. The minimum atomic E-state index is -1.96. The third-order valence-corrected chi connectivity index (χ3v) is 5.14. The lowest BCUT2D eigenvalue weighted by Gasteiger charge is -2.23. The number of ether oxygens (including phenoxy) is 2. The normalized spacial score (nSPS) is 13.2. The molecule has 2 heterocycles. The van der Waals surface area contributed by atoms with Crippen LogP contribution in [0.4, 0.5) is 17.2 Å². The van der Waals surface area contributed by atoms with Gasteiger partial charge < -0.3 is 29.9 Å². The number of nitrogens with zero attached hydrogens (tertiary/aromatic N) is 3. The molecule has 36 heavy (non-hydrogen) atoms. The summed E-state index contributed by atoms with van der Waals surface area (Å²) in [7, 11) is 19.6. The van der Waals surface area contributed by atoms with Crippen LogP contribution in [0, 0.1) is 5.92 Å². The van der Waals surface area contributed by atoms with Crippen molar-refractivity contribution in [1.29, 1.82) is 0 Å². The Kier molecular flexibility index (Phi) is 7.34. The zero-order valence-electron chi connectivity index (χ0n) is 19.7. The van der Waals surface area contributed by atoms with Gasteiger partial charge in [-0.2, -0.15) is 4.98 Å². The van der Waals surface area contributed by atoms with Crippen LogP contribution >= 0.6 is 0 Å². The van der Waals surface area contributed by atoms with Gasteiger partial charge in [0.25, 0.3) is 11.8 Å². The lowest BCUT2D eigenvalue weighted by atomic mass is 9.49. The summed E-state index contributed by atoms with van der Waals surface area (Å²) in [4.78, 5) is 33.6. The highest BCUT2D eigenvalue weighted by Crippen LogP contribution is 2.38. The average Bonchev–Trinajstić information content (AvgIpc) is 3.57. The standard InChI is InChI=1S/C22H21B3N6O5/c1-34-10-17-29-19(31-36-17)12-4-3-5-14(18(12)35-2)27-15-8-16(28-20(32)11-6-7-11)26-9-13(15)21(33)30-22(23,24)25/h3-5,8-9,11H,6-7,10H2,1-2H3,(H,30,33)(H2,26,27,28,32). The first-order valence-corrected chi connectivity index (χ1v) is 10.9. The highest BCUT2D eigenvalue weighted by molar-refractivity contribution is 6.60. The van der Waals surface area contributed by atoms with E-state index in [1.165, 1.54) is 26.5 Å². The molecule has 2 amide bonds. The van der Waals surface area contributed by atoms with E-state index in [1.807, 2.05) is 0 Å². The number of methoxy groups -OCH3 is 2. The molecular formula is C22H21B3N6O5. The molecule has 1 aromatic carbocycles. The number of aromatic nitrogens is 3. The third-order valence-electron chi connectivity index (χ3n) is 5.14. The number of carbonyl (C=O) groups is 2. The highest BCUT2D eigenvalue weighted by Gasteiger charge is 2.30. The number of amides is 2. The predicted molar refractivity (Wildman–Crippen MR) is 133 cm³/mol. The summed E-state index contributed by atoms with van der Waals surface area (Å²) < 4.78 is 15.8. The van der Waals surface area contributed by atoms with E-state index in [9.17, 15) is 9.59 Å². The average molecular weight is 482 g/mol. The monoisotopic (exact) mass is 482 g/mol. The summed E-state index contributed by atoms with van der Waals surface area (Å²) in [6.07, 6.45) is 2.93. The van der Waals surface area contributed by atoms with Crippen molar-refractivity contribution >= 4 is 52.5 Å². The van der Waals surface area contributed by atoms with Crippen LogP contribution in [0.2, 0.25) is 0 Å². The summed E-state index contributed by atoms with van der Waals surface area (Å²) in [6, 6.07) is 6.73. The van der Waals surface area contributed by atoms with Crippen LogP contribution in [-0.2, 0) is 16.1 Å². The fraction of sp³-hybridized carbons (Fsp3) is 0.318. The van der Waals surface area contributed by atoms with E-state index < -0.39 is 11.1 Å². The summed E-state index contributed by atoms with van der Waals surface area (Å²) in [5.41, 5.74) is 1.34. The van der Waals surface area contributed by atoms with Crippen LogP contribution in [0.5, 0.6) is 5.75 Å². The van der Waals surface area contributed by atoms with E-state index in [0.29, 0.717) is 22.9 Å². The molecule has 2 aromatic heterocycles. The smallest absolute Gasteiger partial charge is 0.253 e. The van der Waals surface area contributed by atoms with Crippen molar-refractivity contribution in [3.8, 4) is 17.1 Å². The molecule has 3 N–H and O–H groups in total. The molecule has 1 fully saturated rings. The van der Waals surface area contributed by atoms with Crippen LogP contribution < -0.4 is 20.7 Å². The van der Waals surface area contributed by atoms with E-state index in [1.54, 1.807) is 18.2 Å². The molecule has 0 bridgehead atoms. The number of anilines is 3. The van der Waals surface area contributed by atoms with E-state index in [4.69, 9.17) is 37.5 Å². The summed E-state index contributed by atoms with van der Waals surface area (Å²) >= 11 is 0. The summed E-state index contributed by atoms with van der Waals surface area (Å²) in [6.45, 7) is 0.156. The van der Waals surface area contributed by atoms with Gasteiger partial charge in [0.05, 0.1) is 53.2 Å². The van der Waals surface area contributed by atoms with Gasteiger partial charge in [-0.15, -0.1) is 0 Å². The second-order valence-corrected chi connectivity index (χ2v) is 8.22. The van der Waals surface area contributed by atoms with E-state index in [0.717, 1.165) is 12.8 Å². The second kappa shape index (κ2) is 10.4. The van der Waals surface area contributed by atoms with Gasteiger partial charge in [0.2, 0.25) is 11.7 Å². The van der Waals surface area contributed by atoms with Crippen LogP contribution in [0.25, 0.3) is 11.4 Å². The summed E-state index contributed by atoms with van der Waals surface area (Å²) in [5, 5.41) is 10.2. The fourth-order valence-electron chi connectivity index (χ4n) is 3.37. The van der Waals surface area contributed by atoms with Gasteiger partial charge in [-0.3, -0.25) is 9.59 Å². The topological polar surface area (TPSA) is 140 Å². The van der Waals surface area contributed by atoms with E-state index in [-0.39, 0.29) is 41.3 Å². The Morgan fingerprint density at radius 1 is 1.19 bits per heavy atom. The maximum absolute atomic E-state index is 12.8. The Balaban J connectivity index is 1.70. The Morgan fingerprint density at radius 3 is 2.64 bits per heavy atom. The van der Waals surface area contributed by atoms with Crippen molar-refractivity contribution < 1.29 is 23.6 Å².